The zero-order valence-electron chi connectivity index (χ0n) is 21.6. The third kappa shape index (κ3) is 8.86. The monoisotopic (exact) mass is 531 g/mol. The lowest BCUT2D eigenvalue weighted by molar-refractivity contribution is -0.255. The van der Waals surface area contributed by atoms with E-state index in [0.29, 0.717) is 0 Å². The van der Waals surface area contributed by atoms with Crippen molar-refractivity contribution in [2.45, 2.75) is 96.1 Å². The zero-order valence-corrected chi connectivity index (χ0v) is 22.4. The van der Waals surface area contributed by atoms with Gasteiger partial charge in [-0.15, -0.1) is 0 Å². The molecule has 2 fully saturated rings. The van der Waals surface area contributed by atoms with Crippen molar-refractivity contribution in [3.63, 3.8) is 0 Å². The summed E-state index contributed by atoms with van der Waals surface area (Å²) in [5, 5.41) is 6.57. The van der Waals surface area contributed by atoms with Gasteiger partial charge in [0.15, 0.2) is 29.7 Å². The fourth-order valence-electron chi connectivity index (χ4n) is 4.58. The predicted octanol–water partition coefficient (Wildman–Crippen LogP) is 0.406. The van der Waals surface area contributed by atoms with Gasteiger partial charge < -0.3 is 39.2 Å². The number of carbonyl (C=O) groups is 4. The zero-order chi connectivity index (χ0) is 27.0. The number of ether oxygens (including phenoxy) is 5. The Bertz CT molecular complexity index is 825. The molecule has 204 valence electrons. The molecule has 0 bridgehead atoms. The van der Waals surface area contributed by atoms with E-state index in [1.165, 1.54) is 27.7 Å². The molecular formula is C23H37N3O9S. The summed E-state index contributed by atoms with van der Waals surface area (Å²) < 4.78 is 27.4. The number of hydrogen-bond acceptors (Lipinski definition) is 11. The molecule has 0 aromatic heterocycles. The van der Waals surface area contributed by atoms with Gasteiger partial charge in [0.1, 0.15) is 12.7 Å². The molecule has 0 radical (unpaired) electrons. The van der Waals surface area contributed by atoms with Crippen molar-refractivity contribution in [3.8, 4) is 0 Å². The molecule has 0 spiro atoms. The Labute approximate surface area is 216 Å². The fraction of sp³-hybridized carbons (Fsp3) is 0.783. The first-order chi connectivity index (χ1) is 16.9. The Kier molecular flexibility index (Phi) is 11.3. The van der Waals surface area contributed by atoms with Gasteiger partial charge in [-0.3, -0.25) is 19.2 Å². The van der Waals surface area contributed by atoms with Gasteiger partial charge in [-0.25, -0.2) is 0 Å². The van der Waals surface area contributed by atoms with Crippen molar-refractivity contribution < 1.29 is 42.9 Å². The second-order valence-corrected chi connectivity index (χ2v) is 9.57. The topological polar surface area (TPSA) is 142 Å². The van der Waals surface area contributed by atoms with E-state index in [1.807, 2.05) is 14.1 Å². The smallest absolute Gasteiger partial charge is 0.303 e. The van der Waals surface area contributed by atoms with E-state index >= 15 is 0 Å². The third-order valence-corrected chi connectivity index (χ3v) is 6.21. The Morgan fingerprint density at radius 3 is 1.94 bits per heavy atom. The number of carbonyl (C=O) groups excluding carboxylic acids is 4. The number of likely N-dealkylation sites (N-methyl/N-ethyl adjacent to an activating group) is 1. The number of hydrogen-bond donors (Lipinski definition) is 2. The van der Waals surface area contributed by atoms with Gasteiger partial charge >= 0.3 is 23.9 Å². The summed E-state index contributed by atoms with van der Waals surface area (Å²) in [5.74, 6) is -2.64. The van der Waals surface area contributed by atoms with Crippen LogP contribution in [0, 0.1) is 0 Å². The van der Waals surface area contributed by atoms with E-state index in [9.17, 15) is 19.2 Å². The Morgan fingerprint density at radius 1 is 0.833 bits per heavy atom. The molecule has 2 rings (SSSR count). The van der Waals surface area contributed by atoms with Crippen LogP contribution in [-0.2, 0) is 42.9 Å². The minimum absolute atomic E-state index is 0.0828. The highest BCUT2D eigenvalue weighted by molar-refractivity contribution is 7.80. The molecule has 1 aliphatic heterocycles. The van der Waals surface area contributed by atoms with Gasteiger partial charge in [-0.05, 0) is 39.2 Å². The molecule has 2 N–H and O–H groups in total. The van der Waals surface area contributed by atoms with E-state index < -0.39 is 54.5 Å². The summed E-state index contributed by atoms with van der Waals surface area (Å²) >= 11 is 5.55. The molecule has 12 nitrogen and oxygen atoms in total. The van der Waals surface area contributed by atoms with Gasteiger partial charge in [0, 0.05) is 39.8 Å². The SMILES string of the molecule is CC(=O)OCC1OC(NC(=S)N[C@@H]2CCCC[C@H]2N(C)C)C(OC(C)=O)C(OC(C)=O)C1OC(C)=O. The second kappa shape index (κ2) is 13.7. The van der Waals surface area contributed by atoms with Crippen molar-refractivity contribution in [1.29, 1.82) is 0 Å². The van der Waals surface area contributed by atoms with Crippen molar-refractivity contribution >= 4 is 41.2 Å². The highest BCUT2D eigenvalue weighted by Gasteiger charge is 2.52. The summed E-state index contributed by atoms with van der Waals surface area (Å²) in [6, 6.07) is 0.355. The Hall–Kier alpha value is -2.51. The number of rotatable bonds is 8. The Balaban J connectivity index is 2.32. The minimum atomic E-state index is -1.26. The van der Waals surface area contributed by atoms with Crippen LogP contribution in [0.5, 0.6) is 0 Å². The van der Waals surface area contributed by atoms with Gasteiger partial charge in [-0.1, -0.05) is 12.8 Å². The van der Waals surface area contributed by atoms with Gasteiger partial charge in [-0.2, -0.15) is 0 Å². The highest BCUT2D eigenvalue weighted by Crippen LogP contribution is 2.28. The molecule has 1 aliphatic carbocycles. The predicted molar refractivity (Wildman–Crippen MR) is 131 cm³/mol. The maximum absolute atomic E-state index is 12.0. The highest BCUT2D eigenvalue weighted by atomic mass is 32.1. The van der Waals surface area contributed by atoms with E-state index in [4.69, 9.17) is 35.9 Å². The molecule has 1 heterocycles. The van der Waals surface area contributed by atoms with Crippen LogP contribution in [0.15, 0.2) is 0 Å². The van der Waals surface area contributed by atoms with E-state index in [-0.39, 0.29) is 23.8 Å². The molecule has 0 aromatic carbocycles. The van der Waals surface area contributed by atoms with Crippen molar-refractivity contribution in [2.75, 3.05) is 20.7 Å². The van der Waals surface area contributed by atoms with Gasteiger partial charge in [0.2, 0.25) is 0 Å². The maximum atomic E-state index is 12.0. The molecule has 7 atom stereocenters. The molecule has 36 heavy (non-hydrogen) atoms. The van der Waals surface area contributed by atoms with Crippen molar-refractivity contribution in [2.24, 2.45) is 0 Å². The molecule has 0 aromatic rings. The van der Waals surface area contributed by atoms with Crippen LogP contribution < -0.4 is 10.6 Å². The molecule has 13 heteroatoms. The molecular weight excluding hydrogens is 494 g/mol. The molecule has 2 aliphatic rings. The Morgan fingerprint density at radius 2 is 1.39 bits per heavy atom. The molecule has 1 saturated carbocycles. The lowest BCUT2D eigenvalue weighted by Gasteiger charge is -2.45. The van der Waals surface area contributed by atoms with E-state index in [2.05, 4.69) is 15.5 Å². The van der Waals surface area contributed by atoms with E-state index in [0.717, 1.165) is 25.7 Å². The average molecular weight is 532 g/mol. The van der Waals surface area contributed by atoms with Crippen LogP contribution in [-0.4, -0.2) is 97.3 Å². The number of nitrogens with one attached hydrogen (secondary N) is 2. The van der Waals surface area contributed by atoms with Crippen molar-refractivity contribution in [1.82, 2.24) is 15.5 Å². The van der Waals surface area contributed by atoms with Crippen LogP contribution in [0.1, 0.15) is 53.4 Å². The summed E-state index contributed by atoms with van der Waals surface area (Å²) in [7, 11) is 4.03. The fourth-order valence-corrected chi connectivity index (χ4v) is 4.85. The van der Waals surface area contributed by atoms with Gasteiger partial charge in [0.25, 0.3) is 0 Å². The third-order valence-electron chi connectivity index (χ3n) is 5.97. The first-order valence-electron chi connectivity index (χ1n) is 11.9. The van der Waals surface area contributed by atoms with E-state index in [1.54, 1.807) is 0 Å². The molecule has 1 saturated heterocycles. The minimum Gasteiger partial charge on any atom is -0.463 e. The summed E-state index contributed by atoms with van der Waals surface area (Å²) in [5.41, 5.74) is 0. The first kappa shape index (κ1) is 29.7. The summed E-state index contributed by atoms with van der Waals surface area (Å²) in [6.45, 7) is 4.44. The largest absolute Gasteiger partial charge is 0.463 e. The molecule has 0 amide bonds. The van der Waals surface area contributed by atoms with Gasteiger partial charge in [0.05, 0.1) is 0 Å². The summed E-state index contributed by atoms with van der Waals surface area (Å²) in [4.78, 5) is 49.3. The lowest BCUT2D eigenvalue weighted by atomic mass is 9.89. The normalized spacial score (nSPS) is 30.0. The van der Waals surface area contributed by atoms with Crippen LogP contribution in [0.4, 0.5) is 0 Å². The summed E-state index contributed by atoms with van der Waals surface area (Å²) in [6.07, 6.45) is -1.72. The number of esters is 4. The maximum Gasteiger partial charge on any atom is 0.303 e. The molecule has 5 unspecified atom stereocenters. The second-order valence-electron chi connectivity index (χ2n) is 9.16. The van der Waals surface area contributed by atoms with Crippen LogP contribution in [0.2, 0.25) is 0 Å². The first-order valence-corrected chi connectivity index (χ1v) is 12.3. The van der Waals surface area contributed by atoms with Crippen LogP contribution >= 0.6 is 12.2 Å². The quantitative estimate of drug-likeness (QED) is 0.254. The van der Waals surface area contributed by atoms with Crippen LogP contribution in [0.25, 0.3) is 0 Å². The standard InChI is InChI=1S/C23H37N3O9S/c1-12(27)31-11-18-19(32-13(2)28)20(33-14(3)29)21(34-15(4)30)22(35-18)25-23(36)24-16-9-7-8-10-17(16)26(5)6/h16-22H,7-11H2,1-6H3,(H2,24,25,36)/t16-,17-,18?,19?,20?,21?,22?/m1/s1. The number of nitrogens with zero attached hydrogens (tertiary/aromatic N) is 1. The average Bonchev–Trinajstić information content (AvgIpc) is 2.75. The van der Waals surface area contributed by atoms with Crippen LogP contribution in [0.3, 0.4) is 0 Å². The lowest BCUT2D eigenvalue weighted by Crippen LogP contribution is -2.67. The number of thiocarbonyl (C=S) groups is 1. The van der Waals surface area contributed by atoms with Crippen molar-refractivity contribution in [3.05, 3.63) is 0 Å².